The van der Waals surface area contributed by atoms with Gasteiger partial charge in [0.1, 0.15) is 34.5 Å². The van der Waals surface area contributed by atoms with E-state index in [1.54, 1.807) is 30.3 Å². The summed E-state index contributed by atoms with van der Waals surface area (Å²) < 4.78 is 17.3. The van der Waals surface area contributed by atoms with E-state index in [2.05, 4.69) is 117 Å². The number of carbonyl (C=O) groups is 3. The highest BCUT2D eigenvalue weighted by Gasteiger charge is 2.30. The van der Waals surface area contributed by atoms with Crippen LogP contribution in [0.3, 0.4) is 0 Å². The number of hydrogen-bond acceptors (Lipinski definition) is 9. The SMILES string of the molecule is Cc1cc(C(=O)Oc2cc(C(C)(C)C)c(O)cc2C(C)(C)C)c2c(C)ccc(C(C)C)cc1-2.Cc1cc(C(=O)Oc2ccc(O)c(C)c2C)c2c(C)ccc(C(C)C)cc1-2.Cc1cc(C(=O)Oc2ccc(O)cc2)c2c(C)ccc(C(C)C)cc1-2. The van der Waals surface area contributed by atoms with Crippen LogP contribution in [0, 0.1) is 55.4 Å². The molecule has 0 atom stereocenters. The van der Waals surface area contributed by atoms with Gasteiger partial charge in [-0.05, 0) is 245 Å². The van der Waals surface area contributed by atoms with Crippen molar-refractivity contribution in [1.29, 1.82) is 0 Å². The molecule has 0 amide bonds. The van der Waals surface area contributed by atoms with Crippen molar-refractivity contribution >= 4 is 17.9 Å². The van der Waals surface area contributed by atoms with Gasteiger partial charge in [-0.1, -0.05) is 138 Å². The van der Waals surface area contributed by atoms with Crippen LogP contribution < -0.4 is 14.2 Å². The van der Waals surface area contributed by atoms with Crippen molar-refractivity contribution in [2.24, 2.45) is 0 Å². The molecule has 3 aromatic carbocycles. The van der Waals surface area contributed by atoms with E-state index in [9.17, 15) is 29.7 Å². The van der Waals surface area contributed by atoms with Gasteiger partial charge in [0.05, 0.1) is 16.7 Å². The second-order valence-electron chi connectivity index (χ2n) is 25.9. The number of fused-ring (bicyclic) bond motifs is 3. The zero-order valence-corrected chi connectivity index (χ0v) is 53.6. The van der Waals surface area contributed by atoms with Crippen LogP contribution in [0.4, 0.5) is 0 Å². The van der Waals surface area contributed by atoms with Crippen molar-refractivity contribution < 1.29 is 43.9 Å². The predicted molar refractivity (Wildman–Crippen MR) is 346 cm³/mol. The Hall–Kier alpha value is -8.43. The third-order valence-electron chi connectivity index (χ3n) is 16.2. The number of hydrogen-bond donors (Lipinski definition) is 3. The highest BCUT2D eigenvalue weighted by molar-refractivity contribution is 6.04. The molecule has 85 heavy (non-hydrogen) atoms. The molecule has 3 N–H and O–H groups in total. The van der Waals surface area contributed by atoms with Gasteiger partial charge in [0.15, 0.2) is 0 Å². The number of phenols is 3. The minimum absolute atomic E-state index is 0.137. The molecule has 0 saturated carbocycles. The lowest BCUT2D eigenvalue weighted by Gasteiger charge is -2.27. The van der Waals surface area contributed by atoms with Gasteiger partial charge in [-0.3, -0.25) is 0 Å². The van der Waals surface area contributed by atoms with E-state index in [1.165, 1.54) is 28.8 Å². The number of esters is 3. The van der Waals surface area contributed by atoms with Gasteiger partial charge in [0, 0.05) is 11.1 Å². The van der Waals surface area contributed by atoms with Crippen molar-refractivity contribution in [3.8, 4) is 67.9 Å². The van der Waals surface area contributed by atoms with E-state index in [0.29, 0.717) is 57.3 Å². The smallest absolute Gasteiger partial charge is 0.344 e. The molecule has 0 unspecified atom stereocenters. The molecular formula is C76H86O9. The first kappa shape index (κ1) is 64.1. The lowest BCUT2D eigenvalue weighted by Crippen LogP contribution is -2.19. The number of aromatic hydroxyl groups is 3. The van der Waals surface area contributed by atoms with Gasteiger partial charge >= 0.3 is 17.9 Å². The molecule has 0 heterocycles. The zero-order chi connectivity index (χ0) is 62.9. The van der Waals surface area contributed by atoms with Crippen molar-refractivity contribution in [2.75, 3.05) is 0 Å². The fourth-order valence-corrected chi connectivity index (χ4v) is 10.8. The maximum atomic E-state index is 13.6. The maximum absolute atomic E-state index is 13.6. The summed E-state index contributed by atoms with van der Waals surface area (Å²) in [7, 11) is 0. The Kier molecular flexibility index (Phi) is 19.2. The monoisotopic (exact) mass is 1140 g/mol. The molecule has 9 rings (SSSR count). The Morgan fingerprint density at radius 2 is 0.729 bits per heavy atom. The minimum atomic E-state index is -0.385. The fraction of sp³-hybridized carbons (Fsp3) is 0.329. The van der Waals surface area contributed by atoms with E-state index in [0.717, 1.165) is 83.5 Å². The summed E-state index contributed by atoms with van der Waals surface area (Å²) in [4.78, 5) is 39.2. The van der Waals surface area contributed by atoms with Crippen molar-refractivity contribution in [3.05, 3.63) is 210 Å². The normalized spacial score (nSPS) is 11.7. The summed E-state index contributed by atoms with van der Waals surface area (Å²) in [5, 5.41) is 29.9. The predicted octanol–water partition coefficient (Wildman–Crippen LogP) is 19.6. The molecule has 0 fully saturated rings. The van der Waals surface area contributed by atoms with Crippen LogP contribution in [0.2, 0.25) is 0 Å². The average Bonchev–Trinajstić information content (AvgIpc) is 3.65. The quantitative estimate of drug-likeness (QED) is 0.0952. The molecular weight excluding hydrogens is 1060 g/mol. The van der Waals surface area contributed by atoms with E-state index < -0.39 is 0 Å². The lowest BCUT2D eigenvalue weighted by molar-refractivity contribution is 0.0723. The Balaban J connectivity index is 0.000000185. The molecule has 444 valence electrons. The third kappa shape index (κ3) is 14.2. The second-order valence-corrected chi connectivity index (χ2v) is 25.9. The van der Waals surface area contributed by atoms with Crippen LogP contribution in [-0.4, -0.2) is 33.2 Å². The standard InChI is InChI=1S/C30H38O3.C24H26O3.C22H22O3/c1-17(2)20-12-11-18(3)27-21(14-20)19(4)13-22(27)28(32)33-26-16-23(29(5,6)7)25(31)15-24(26)30(8,9)10;1-13(2)18-8-7-14(3)23-19(12-18)15(4)11-20(23)24(26)27-22-10-9-21(25)16(5)17(22)6;1-13(2)16-6-5-14(3)21-19(12-16)15(4)11-20(21)22(24)25-18-9-7-17(23)8-10-18/h11-17,31H,1-10H3;7-13,25H,1-6H3;5-13,23H,1-4H3. The first-order valence-corrected chi connectivity index (χ1v) is 29.4. The minimum Gasteiger partial charge on any atom is -0.508 e. The lowest BCUT2D eigenvalue weighted by atomic mass is 9.81. The maximum Gasteiger partial charge on any atom is 0.344 e. The molecule has 0 saturated heterocycles. The van der Waals surface area contributed by atoms with Gasteiger partial charge in [0.25, 0.3) is 0 Å². The van der Waals surface area contributed by atoms with Crippen molar-refractivity contribution in [3.63, 3.8) is 0 Å². The first-order chi connectivity index (χ1) is 39.7. The first-order valence-electron chi connectivity index (χ1n) is 29.4. The van der Waals surface area contributed by atoms with Gasteiger partial charge in [0.2, 0.25) is 0 Å². The number of benzene rings is 3. The number of phenolic OH excluding ortho intramolecular Hbond substituents is 3. The van der Waals surface area contributed by atoms with Crippen LogP contribution >= 0.6 is 0 Å². The fourth-order valence-electron chi connectivity index (χ4n) is 10.8. The van der Waals surface area contributed by atoms with Crippen molar-refractivity contribution in [2.45, 2.75) is 167 Å². The Bertz CT molecular complexity index is 3860. The van der Waals surface area contributed by atoms with Crippen LogP contribution in [0.25, 0.3) is 33.4 Å². The summed E-state index contributed by atoms with van der Waals surface area (Å²) in [5.41, 5.74) is 20.3. The van der Waals surface area contributed by atoms with Crippen LogP contribution in [-0.2, 0) is 10.8 Å². The largest absolute Gasteiger partial charge is 0.508 e. The molecule has 0 aromatic heterocycles. The molecule has 9 nitrogen and oxygen atoms in total. The molecule has 0 aliphatic heterocycles. The number of rotatable bonds is 9. The highest BCUT2D eigenvalue weighted by atomic mass is 16.5. The van der Waals surface area contributed by atoms with Crippen LogP contribution in [0.1, 0.15) is 204 Å². The third-order valence-corrected chi connectivity index (χ3v) is 16.2. The highest BCUT2D eigenvalue weighted by Crippen LogP contribution is 2.44. The van der Waals surface area contributed by atoms with Crippen LogP contribution in [0.15, 0.2) is 121 Å². The van der Waals surface area contributed by atoms with Gasteiger partial charge in [-0.15, -0.1) is 0 Å². The molecule has 0 spiro atoms. The summed E-state index contributed by atoms with van der Waals surface area (Å²) in [6, 6.07) is 37.8. The van der Waals surface area contributed by atoms with E-state index in [1.807, 2.05) is 100 Å². The summed E-state index contributed by atoms with van der Waals surface area (Å²) in [5.74, 6) is 2.04. The molecule has 6 aliphatic rings. The molecule has 6 aliphatic carbocycles. The van der Waals surface area contributed by atoms with Crippen molar-refractivity contribution in [1.82, 2.24) is 0 Å². The molecule has 3 aromatic rings. The summed E-state index contributed by atoms with van der Waals surface area (Å²) in [6.07, 6.45) is 0. The topological polar surface area (TPSA) is 140 Å². The van der Waals surface area contributed by atoms with Gasteiger partial charge in [-0.2, -0.15) is 0 Å². The van der Waals surface area contributed by atoms with Gasteiger partial charge in [-0.25, -0.2) is 14.4 Å². The Morgan fingerprint density at radius 3 is 1.09 bits per heavy atom. The molecule has 0 bridgehead atoms. The summed E-state index contributed by atoms with van der Waals surface area (Å²) >= 11 is 0. The van der Waals surface area contributed by atoms with Crippen LogP contribution in [0.5, 0.6) is 34.5 Å². The van der Waals surface area contributed by atoms with E-state index in [-0.39, 0.29) is 46.0 Å². The average molecular weight is 1140 g/mol. The molecule has 0 radical (unpaired) electrons. The van der Waals surface area contributed by atoms with E-state index in [4.69, 9.17) is 14.2 Å². The number of carbonyl (C=O) groups excluding carboxylic acids is 3. The number of aryl methyl sites for hydroxylation is 6. The Morgan fingerprint density at radius 1 is 0.365 bits per heavy atom. The summed E-state index contributed by atoms with van der Waals surface area (Å²) in [6.45, 7) is 41.1. The zero-order valence-electron chi connectivity index (χ0n) is 53.6. The van der Waals surface area contributed by atoms with Gasteiger partial charge < -0.3 is 29.5 Å². The number of ether oxygens (including phenoxy) is 3. The van der Waals surface area contributed by atoms with E-state index >= 15 is 0 Å². The molecule has 9 heteroatoms. The Labute approximate surface area is 504 Å². The second kappa shape index (κ2) is 25.4.